The Kier molecular flexibility index (Phi) is 5.43. The van der Waals surface area contributed by atoms with Gasteiger partial charge in [0.25, 0.3) is 17.7 Å². The maximum Gasteiger partial charge on any atom is 0.324 e. The van der Waals surface area contributed by atoms with Crippen molar-refractivity contribution in [3.8, 4) is 0 Å². The fourth-order valence-electron chi connectivity index (χ4n) is 3.20. The lowest BCUT2D eigenvalue weighted by Gasteiger charge is -2.18. The first-order valence-corrected chi connectivity index (χ1v) is 9.05. The highest BCUT2D eigenvalue weighted by atomic mass is 16.5. The smallest absolute Gasteiger partial charge is 0.324 e. The van der Waals surface area contributed by atoms with Gasteiger partial charge in [-0.15, -0.1) is 0 Å². The first-order valence-electron chi connectivity index (χ1n) is 9.05. The fraction of sp³-hybridized carbons (Fsp3) is 0.421. The third-order valence-electron chi connectivity index (χ3n) is 4.67. The summed E-state index contributed by atoms with van der Waals surface area (Å²) in [6, 6.07) is 4.56. The van der Waals surface area contributed by atoms with Crippen LogP contribution in [0.4, 0.5) is 4.79 Å². The molecule has 1 aromatic carbocycles. The lowest BCUT2D eigenvalue weighted by molar-refractivity contribution is -0.157. The molecule has 0 bridgehead atoms. The molecule has 1 saturated heterocycles. The van der Waals surface area contributed by atoms with Crippen LogP contribution in [0.2, 0.25) is 0 Å². The summed E-state index contributed by atoms with van der Waals surface area (Å²) in [5, 5.41) is 2.50. The van der Waals surface area contributed by atoms with Crippen molar-refractivity contribution in [1.82, 2.24) is 15.1 Å². The van der Waals surface area contributed by atoms with E-state index in [0.29, 0.717) is 17.7 Å². The highest BCUT2D eigenvalue weighted by Gasteiger charge is 2.35. The number of benzene rings is 1. The van der Waals surface area contributed by atoms with E-state index >= 15 is 0 Å². The van der Waals surface area contributed by atoms with Gasteiger partial charge in [-0.3, -0.25) is 29.0 Å². The Morgan fingerprint density at radius 3 is 2.57 bits per heavy atom. The zero-order chi connectivity index (χ0) is 20.4. The number of hydrogen-bond donors (Lipinski definition) is 1. The largest absolute Gasteiger partial charge is 0.453 e. The molecule has 9 nitrogen and oxygen atoms in total. The zero-order valence-electron chi connectivity index (χ0n) is 15.7. The van der Waals surface area contributed by atoms with Gasteiger partial charge >= 0.3 is 12.0 Å². The number of urea groups is 1. The normalized spacial score (nSPS) is 16.9. The first kappa shape index (κ1) is 19.5. The van der Waals surface area contributed by atoms with Gasteiger partial charge in [-0.05, 0) is 32.4 Å². The van der Waals surface area contributed by atoms with Crippen LogP contribution in [0.15, 0.2) is 18.2 Å². The minimum absolute atomic E-state index is 0.0593. The predicted molar refractivity (Wildman–Crippen MR) is 96.4 cm³/mol. The topological polar surface area (TPSA) is 113 Å². The van der Waals surface area contributed by atoms with Crippen LogP contribution in [-0.4, -0.2) is 65.3 Å². The Labute approximate surface area is 161 Å². The van der Waals surface area contributed by atoms with Gasteiger partial charge in [-0.2, -0.15) is 0 Å². The average molecular weight is 387 g/mol. The van der Waals surface area contributed by atoms with Crippen molar-refractivity contribution >= 4 is 29.7 Å². The Hall–Kier alpha value is -3.23. The summed E-state index contributed by atoms with van der Waals surface area (Å²) in [4.78, 5) is 62.4. The number of fused-ring (bicyclic) bond motifs is 1. The molecule has 1 fully saturated rings. The second-order valence-corrected chi connectivity index (χ2v) is 6.77. The van der Waals surface area contributed by atoms with Gasteiger partial charge in [0.05, 0.1) is 11.1 Å². The molecule has 9 heteroatoms. The SMILES string of the molecule is Cc1ccc2c(c1)C(=O)N(CCCC(=O)OC(C)C(=O)N1CCNC1=O)C2=O. The Bertz CT molecular complexity index is 865. The molecular weight excluding hydrogens is 366 g/mol. The Balaban J connectivity index is 1.48. The van der Waals surface area contributed by atoms with Crippen LogP contribution < -0.4 is 5.32 Å². The zero-order valence-corrected chi connectivity index (χ0v) is 15.7. The van der Waals surface area contributed by atoms with Crippen LogP contribution in [-0.2, 0) is 14.3 Å². The van der Waals surface area contributed by atoms with E-state index < -0.39 is 24.0 Å². The minimum Gasteiger partial charge on any atom is -0.453 e. The molecule has 0 aliphatic carbocycles. The van der Waals surface area contributed by atoms with Crippen LogP contribution in [0.5, 0.6) is 0 Å². The number of esters is 1. The van der Waals surface area contributed by atoms with E-state index in [4.69, 9.17) is 4.74 Å². The van der Waals surface area contributed by atoms with Gasteiger partial charge in [0.1, 0.15) is 0 Å². The summed E-state index contributed by atoms with van der Waals surface area (Å²) < 4.78 is 5.07. The minimum atomic E-state index is -1.08. The third kappa shape index (κ3) is 3.73. The molecule has 0 saturated carbocycles. The lowest BCUT2D eigenvalue weighted by Crippen LogP contribution is -2.41. The van der Waals surface area contributed by atoms with Crippen molar-refractivity contribution in [2.24, 2.45) is 0 Å². The molecule has 28 heavy (non-hydrogen) atoms. The third-order valence-corrected chi connectivity index (χ3v) is 4.67. The van der Waals surface area contributed by atoms with E-state index in [1.165, 1.54) is 6.92 Å². The molecule has 5 amide bonds. The van der Waals surface area contributed by atoms with Crippen LogP contribution in [0.25, 0.3) is 0 Å². The predicted octanol–water partition coefficient (Wildman–Crippen LogP) is 0.855. The Morgan fingerprint density at radius 2 is 1.89 bits per heavy atom. The van der Waals surface area contributed by atoms with E-state index in [1.54, 1.807) is 18.2 Å². The molecule has 2 heterocycles. The van der Waals surface area contributed by atoms with Gasteiger partial charge in [0.15, 0.2) is 6.10 Å². The number of hydrogen-bond acceptors (Lipinski definition) is 6. The summed E-state index contributed by atoms with van der Waals surface area (Å²) in [5.74, 6) is -1.97. The van der Waals surface area contributed by atoms with Gasteiger partial charge in [-0.1, -0.05) is 11.6 Å². The monoisotopic (exact) mass is 387 g/mol. The highest BCUT2D eigenvalue weighted by molar-refractivity contribution is 6.21. The maximum absolute atomic E-state index is 12.4. The van der Waals surface area contributed by atoms with E-state index in [9.17, 15) is 24.0 Å². The molecule has 1 N–H and O–H groups in total. The van der Waals surface area contributed by atoms with Gasteiger partial charge in [-0.25, -0.2) is 4.79 Å². The fourth-order valence-corrected chi connectivity index (χ4v) is 3.20. The van der Waals surface area contributed by atoms with Crippen LogP contribution in [0, 0.1) is 6.92 Å². The molecule has 0 radical (unpaired) electrons. The maximum atomic E-state index is 12.4. The quantitative estimate of drug-likeness (QED) is 0.572. The van der Waals surface area contributed by atoms with Crippen molar-refractivity contribution in [3.63, 3.8) is 0 Å². The second-order valence-electron chi connectivity index (χ2n) is 6.77. The van der Waals surface area contributed by atoms with E-state index in [-0.39, 0.29) is 37.7 Å². The first-order chi connectivity index (χ1) is 13.3. The number of amides is 5. The summed E-state index contributed by atoms with van der Waals surface area (Å²) in [6.45, 7) is 3.92. The van der Waals surface area contributed by atoms with Gasteiger partial charge < -0.3 is 10.1 Å². The van der Waals surface area contributed by atoms with Crippen molar-refractivity contribution in [2.75, 3.05) is 19.6 Å². The molecular formula is C19H21N3O6. The number of nitrogens with one attached hydrogen (secondary N) is 1. The number of aryl methyl sites for hydroxylation is 1. The van der Waals surface area contributed by atoms with Crippen molar-refractivity contribution in [3.05, 3.63) is 34.9 Å². The number of carbonyl (C=O) groups is 5. The molecule has 1 atom stereocenters. The summed E-state index contributed by atoms with van der Waals surface area (Å²) >= 11 is 0. The number of ether oxygens (including phenoxy) is 1. The molecule has 148 valence electrons. The van der Waals surface area contributed by atoms with E-state index in [2.05, 4.69) is 5.32 Å². The van der Waals surface area contributed by atoms with Crippen LogP contribution in [0.1, 0.15) is 46.0 Å². The van der Waals surface area contributed by atoms with Crippen molar-refractivity contribution in [1.29, 1.82) is 0 Å². The lowest BCUT2D eigenvalue weighted by atomic mass is 10.1. The second kappa shape index (κ2) is 7.79. The standard InChI is InChI=1S/C19H21N3O6/c1-11-5-6-13-14(10-11)18(26)21(17(13)25)8-3-4-15(23)28-12(2)16(24)22-9-7-20-19(22)27/h5-6,10,12H,3-4,7-9H2,1-2H3,(H,20,27). The number of carbonyl (C=O) groups excluding carboxylic acids is 5. The molecule has 2 aliphatic rings. The number of rotatable bonds is 6. The summed E-state index contributed by atoms with van der Waals surface area (Å²) in [6.07, 6.45) is -0.927. The molecule has 1 unspecified atom stereocenters. The number of imide groups is 2. The molecule has 0 spiro atoms. The average Bonchev–Trinajstić information content (AvgIpc) is 3.17. The highest BCUT2D eigenvalue weighted by Crippen LogP contribution is 2.24. The van der Waals surface area contributed by atoms with Crippen molar-refractivity contribution < 1.29 is 28.7 Å². The number of nitrogens with zero attached hydrogens (tertiary/aromatic N) is 2. The molecule has 2 aliphatic heterocycles. The molecule has 3 rings (SSSR count). The van der Waals surface area contributed by atoms with Crippen LogP contribution >= 0.6 is 0 Å². The molecule has 1 aromatic rings. The Morgan fingerprint density at radius 1 is 1.18 bits per heavy atom. The molecule has 0 aromatic heterocycles. The summed E-state index contributed by atoms with van der Waals surface area (Å²) in [7, 11) is 0. The van der Waals surface area contributed by atoms with E-state index in [0.717, 1.165) is 15.4 Å². The van der Waals surface area contributed by atoms with Crippen molar-refractivity contribution in [2.45, 2.75) is 32.8 Å². The van der Waals surface area contributed by atoms with Crippen LogP contribution in [0.3, 0.4) is 0 Å². The summed E-state index contributed by atoms with van der Waals surface area (Å²) in [5.41, 5.74) is 1.62. The van der Waals surface area contributed by atoms with Gasteiger partial charge in [0, 0.05) is 26.1 Å². The van der Waals surface area contributed by atoms with Gasteiger partial charge in [0.2, 0.25) is 0 Å². The van der Waals surface area contributed by atoms with E-state index in [1.807, 2.05) is 6.92 Å².